The van der Waals surface area contributed by atoms with Gasteiger partial charge in [-0.3, -0.25) is 9.59 Å². The Hall–Kier alpha value is -1.15. The van der Waals surface area contributed by atoms with E-state index in [1.54, 1.807) is 11.8 Å². The molecule has 1 rings (SSSR count). The third-order valence-electron chi connectivity index (χ3n) is 3.28. The van der Waals surface area contributed by atoms with Gasteiger partial charge in [0.05, 0.1) is 0 Å². The van der Waals surface area contributed by atoms with E-state index >= 15 is 0 Å². The normalized spacial score (nSPS) is 20.6. The SMILES string of the molecule is CNS(=O)(=O)CC(=O)N1CCN(CC(C)C)C(=O)C1C. The zero-order valence-corrected chi connectivity index (χ0v) is 13.2. The first-order chi connectivity index (χ1) is 9.18. The standard InChI is InChI=1S/C12H23N3O4S/c1-9(2)7-14-5-6-15(10(3)12(14)17)11(16)8-20(18,19)13-4/h9-10,13H,5-8H2,1-4H3. The fraction of sp³-hybridized carbons (Fsp3) is 0.833. The Kier molecular flexibility index (Phi) is 5.52. The van der Waals surface area contributed by atoms with Gasteiger partial charge in [-0.15, -0.1) is 0 Å². The van der Waals surface area contributed by atoms with Gasteiger partial charge in [0.2, 0.25) is 21.8 Å². The highest BCUT2D eigenvalue weighted by Gasteiger charge is 2.35. The number of hydrogen-bond acceptors (Lipinski definition) is 4. The predicted octanol–water partition coefficient (Wildman–Crippen LogP) is -0.749. The molecule has 0 spiro atoms. The molecule has 1 aliphatic rings. The lowest BCUT2D eigenvalue weighted by molar-refractivity contribution is -0.149. The van der Waals surface area contributed by atoms with Crippen LogP contribution in [0.4, 0.5) is 0 Å². The Labute approximate surface area is 120 Å². The minimum atomic E-state index is -3.61. The van der Waals surface area contributed by atoms with Crippen molar-refractivity contribution in [1.29, 1.82) is 0 Å². The molecule has 1 unspecified atom stereocenters. The molecule has 1 fully saturated rings. The molecule has 0 radical (unpaired) electrons. The fourth-order valence-electron chi connectivity index (χ4n) is 2.21. The molecule has 0 aliphatic carbocycles. The van der Waals surface area contributed by atoms with E-state index in [9.17, 15) is 18.0 Å². The monoisotopic (exact) mass is 305 g/mol. The van der Waals surface area contributed by atoms with Gasteiger partial charge in [-0.2, -0.15) is 0 Å². The third kappa shape index (κ3) is 4.17. The quantitative estimate of drug-likeness (QED) is 0.724. The molecule has 0 aromatic heterocycles. The highest BCUT2D eigenvalue weighted by molar-refractivity contribution is 7.90. The smallest absolute Gasteiger partial charge is 0.245 e. The average molecular weight is 305 g/mol. The number of nitrogens with zero attached hydrogens (tertiary/aromatic N) is 2. The topological polar surface area (TPSA) is 86.8 Å². The van der Waals surface area contributed by atoms with Gasteiger partial charge in [0, 0.05) is 19.6 Å². The minimum Gasteiger partial charge on any atom is -0.339 e. The van der Waals surface area contributed by atoms with Crippen LogP contribution in [0.15, 0.2) is 0 Å². The number of rotatable bonds is 5. The van der Waals surface area contributed by atoms with Crippen molar-refractivity contribution in [2.24, 2.45) is 5.92 Å². The van der Waals surface area contributed by atoms with E-state index in [0.29, 0.717) is 25.6 Å². The second-order valence-electron chi connectivity index (χ2n) is 5.40. The first-order valence-electron chi connectivity index (χ1n) is 6.67. The van der Waals surface area contributed by atoms with Gasteiger partial charge in [0.25, 0.3) is 0 Å². The molecule has 0 saturated carbocycles. The number of carbonyl (C=O) groups is 2. The Morgan fingerprint density at radius 3 is 2.50 bits per heavy atom. The van der Waals surface area contributed by atoms with Crippen LogP contribution in [0, 0.1) is 5.92 Å². The van der Waals surface area contributed by atoms with Crippen molar-refractivity contribution in [3.63, 3.8) is 0 Å². The van der Waals surface area contributed by atoms with Crippen LogP contribution in [-0.2, 0) is 19.6 Å². The van der Waals surface area contributed by atoms with Crippen LogP contribution in [0.25, 0.3) is 0 Å². The summed E-state index contributed by atoms with van der Waals surface area (Å²) >= 11 is 0. The van der Waals surface area contributed by atoms with Crippen LogP contribution in [0.2, 0.25) is 0 Å². The zero-order chi connectivity index (χ0) is 15.5. The summed E-state index contributed by atoms with van der Waals surface area (Å²) in [5, 5.41) is 0. The van der Waals surface area contributed by atoms with E-state index in [1.807, 2.05) is 13.8 Å². The minimum absolute atomic E-state index is 0.125. The molecule has 2 amide bonds. The molecule has 0 aromatic rings. The summed E-state index contributed by atoms with van der Waals surface area (Å²) in [7, 11) is -2.35. The van der Waals surface area contributed by atoms with E-state index in [2.05, 4.69) is 4.72 Å². The van der Waals surface area contributed by atoms with Crippen LogP contribution in [0.5, 0.6) is 0 Å². The van der Waals surface area contributed by atoms with Gasteiger partial charge in [-0.1, -0.05) is 13.8 Å². The Balaban J connectivity index is 2.72. The van der Waals surface area contributed by atoms with Gasteiger partial charge in [-0.05, 0) is 19.9 Å². The maximum Gasteiger partial charge on any atom is 0.245 e. The maximum absolute atomic E-state index is 12.2. The number of carbonyl (C=O) groups excluding carboxylic acids is 2. The van der Waals surface area contributed by atoms with Gasteiger partial charge >= 0.3 is 0 Å². The maximum atomic E-state index is 12.2. The van der Waals surface area contributed by atoms with Gasteiger partial charge in [-0.25, -0.2) is 13.1 Å². The van der Waals surface area contributed by atoms with Crippen LogP contribution in [-0.4, -0.2) is 68.5 Å². The molecular weight excluding hydrogens is 282 g/mol. The third-order valence-corrected chi connectivity index (χ3v) is 4.53. The summed E-state index contributed by atoms with van der Waals surface area (Å²) in [6.07, 6.45) is 0. The first-order valence-corrected chi connectivity index (χ1v) is 8.32. The largest absolute Gasteiger partial charge is 0.339 e. The molecular formula is C12H23N3O4S. The van der Waals surface area contributed by atoms with E-state index in [1.165, 1.54) is 11.9 Å². The first kappa shape index (κ1) is 16.9. The van der Waals surface area contributed by atoms with Gasteiger partial charge < -0.3 is 9.80 Å². The Bertz CT molecular complexity index is 475. The number of hydrogen-bond donors (Lipinski definition) is 1. The van der Waals surface area contributed by atoms with Crippen molar-refractivity contribution in [2.45, 2.75) is 26.8 Å². The van der Waals surface area contributed by atoms with E-state index < -0.39 is 27.7 Å². The molecule has 7 nitrogen and oxygen atoms in total. The van der Waals surface area contributed by atoms with Gasteiger partial charge in [0.1, 0.15) is 11.8 Å². The number of amides is 2. The van der Waals surface area contributed by atoms with Crippen molar-refractivity contribution in [3.05, 3.63) is 0 Å². The summed E-state index contributed by atoms with van der Waals surface area (Å²) in [5.41, 5.74) is 0. The molecule has 1 atom stereocenters. The second kappa shape index (κ2) is 6.53. The number of nitrogens with one attached hydrogen (secondary N) is 1. The van der Waals surface area contributed by atoms with Crippen LogP contribution in [0.3, 0.4) is 0 Å². The summed E-state index contributed by atoms with van der Waals surface area (Å²) in [4.78, 5) is 27.2. The summed E-state index contributed by atoms with van der Waals surface area (Å²) < 4.78 is 24.9. The molecule has 1 N–H and O–H groups in total. The predicted molar refractivity (Wildman–Crippen MR) is 75.4 cm³/mol. The van der Waals surface area contributed by atoms with Crippen LogP contribution < -0.4 is 4.72 Å². The zero-order valence-electron chi connectivity index (χ0n) is 12.4. The van der Waals surface area contributed by atoms with Crippen molar-refractivity contribution in [2.75, 3.05) is 32.4 Å². The molecule has 116 valence electrons. The van der Waals surface area contributed by atoms with E-state index in [0.717, 1.165) is 0 Å². The lowest BCUT2D eigenvalue weighted by Crippen LogP contribution is -2.59. The highest BCUT2D eigenvalue weighted by atomic mass is 32.2. The van der Waals surface area contributed by atoms with E-state index in [-0.39, 0.29) is 5.91 Å². The average Bonchev–Trinajstić information content (AvgIpc) is 2.34. The number of sulfonamides is 1. The molecule has 20 heavy (non-hydrogen) atoms. The number of piperazine rings is 1. The molecule has 0 aromatic carbocycles. The molecule has 0 bridgehead atoms. The van der Waals surface area contributed by atoms with Crippen LogP contribution >= 0.6 is 0 Å². The van der Waals surface area contributed by atoms with Crippen molar-refractivity contribution in [1.82, 2.24) is 14.5 Å². The molecule has 1 heterocycles. The summed E-state index contributed by atoms with van der Waals surface area (Å²) in [6.45, 7) is 7.16. The van der Waals surface area contributed by atoms with E-state index in [4.69, 9.17) is 0 Å². The van der Waals surface area contributed by atoms with Crippen molar-refractivity contribution < 1.29 is 18.0 Å². The highest BCUT2D eigenvalue weighted by Crippen LogP contribution is 2.13. The van der Waals surface area contributed by atoms with Crippen molar-refractivity contribution >= 4 is 21.8 Å². The lowest BCUT2D eigenvalue weighted by Gasteiger charge is -2.39. The summed E-state index contributed by atoms with van der Waals surface area (Å²) in [5.74, 6) is -0.923. The van der Waals surface area contributed by atoms with Crippen LogP contribution in [0.1, 0.15) is 20.8 Å². The Morgan fingerprint density at radius 2 is 2.00 bits per heavy atom. The molecule has 8 heteroatoms. The fourth-order valence-corrected chi connectivity index (χ4v) is 2.85. The second-order valence-corrected chi connectivity index (χ2v) is 7.33. The molecule has 1 saturated heterocycles. The Morgan fingerprint density at radius 1 is 1.40 bits per heavy atom. The van der Waals surface area contributed by atoms with Gasteiger partial charge in [0.15, 0.2) is 0 Å². The van der Waals surface area contributed by atoms with Crippen molar-refractivity contribution in [3.8, 4) is 0 Å². The lowest BCUT2D eigenvalue weighted by atomic mass is 10.1. The molecule has 1 aliphatic heterocycles. The summed E-state index contributed by atoms with van der Waals surface area (Å²) in [6, 6.07) is -0.609.